The number of rotatable bonds is 4. The highest BCUT2D eigenvalue weighted by Crippen LogP contribution is 2.30. The minimum Gasteiger partial charge on any atom is -0.452 e. The molecule has 0 radical (unpaired) electrons. The number of pyridine rings is 1. The second-order valence-corrected chi connectivity index (χ2v) is 6.70. The summed E-state index contributed by atoms with van der Waals surface area (Å²) in [6.07, 6.45) is 0. The predicted octanol–water partition coefficient (Wildman–Crippen LogP) is 2.92. The molecule has 0 spiro atoms. The number of imide groups is 1. The minimum absolute atomic E-state index is 0.268. The Bertz CT molecular complexity index is 1110. The summed E-state index contributed by atoms with van der Waals surface area (Å²) in [6.45, 7) is 1.98. The molecule has 1 fully saturated rings. The maximum atomic E-state index is 12.9. The van der Waals surface area contributed by atoms with Gasteiger partial charge in [-0.05, 0) is 18.6 Å². The van der Waals surface area contributed by atoms with E-state index < -0.39 is 24.5 Å². The molecule has 1 aliphatic heterocycles. The molecular weight excluding hydrogens is 370 g/mol. The van der Waals surface area contributed by atoms with Crippen molar-refractivity contribution in [2.24, 2.45) is 0 Å². The van der Waals surface area contributed by atoms with Gasteiger partial charge in [-0.2, -0.15) is 0 Å². The highest BCUT2D eigenvalue weighted by molar-refractivity contribution is 6.07. The van der Waals surface area contributed by atoms with Gasteiger partial charge in [0.15, 0.2) is 6.61 Å². The van der Waals surface area contributed by atoms with Crippen LogP contribution in [0.4, 0.5) is 4.79 Å². The van der Waals surface area contributed by atoms with Crippen LogP contribution in [0.3, 0.4) is 0 Å². The van der Waals surface area contributed by atoms with Crippen molar-refractivity contribution in [2.75, 3.05) is 19.7 Å². The van der Waals surface area contributed by atoms with Gasteiger partial charge in [0.05, 0.1) is 16.8 Å². The largest absolute Gasteiger partial charge is 0.452 e. The molecule has 1 saturated heterocycles. The normalized spacial score (nSPS) is 13.4. The number of ether oxygens (including phenoxy) is 1. The summed E-state index contributed by atoms with van der Waals surface area (Å²) in [5, 5.41) is 3.20. The Morgan fingerprint density at radius 3 is 2.55 bits per heavy atom. The van der Waals surface area contributed by atoms with Gasteiger partial charge in [0.25, 0.3) is 5.91 Å². The molecule has 29 heavy (non-hydrogen) atoms. The van der Waals surface area contributed by atoms with E-state index in [2.05, 4.69) is 5.32 Å². The quantitative estimate of drug-likeness (QED) is 0.693. The van der Waals surface area contributed by atoms with Gasteiger partial charge in [-0.1, -0.05) is 48.5 Å². The zero-order valence-corrected chi connectivity index (χ0v) is 15.8. The lowest BCUT2D eigenvalue weighted by molar-refractivity contribution is -0.130. The molecule has 2 heterocycles. The van der Waals surface area contributed by atoms with Crippen LogP contribution >= 0.6 is 0 Å². The van der Waals surface area contributed by atoms with Crippen LogP contribution < -0.4 is 5.32 Å². The molecule has 7 nitrogen and oxygen atoms in total. The number of carbonyl (C=O) groups excluding carboxylic acids is 3. The molecule has 1 aromatic heterocycles. The molecular formula is C22H19N3O4. The molecule has 0 saturated carbocycles. The molecule has 146 valence electrons. The third-order valence-electron chi connectivity index (χ3n) is 4.87. The van der Waals surface area contributed by atoms with Crippen LogP contribution in [0.25, 0.3) is 22.2 Å². The van der Waals surface area contributed by atoms with E-state index in [1.54, 1.807) is 6.07 Å². The number of carbonyl (C=O) groups is 3. The van der Waals surface area contributed by atoms with Crippen LogP contribution in [0.15, 0.2) is 54.6 Å². The standard InChI is InChI=1S/C22H19N3O4/c1-14-19(21(27)29-13-18(26)25-12-11-23-22(25)28)16-9-5-6-10-17(16)24-20(14)15-7-3-2-4-8-15/h2-10H,11-13H2,1H3,(H,23,28). The fourth-order valence-electron chi connectivity index (χ4n) is 3.43. The van der Waals surface area contributed by atoms with Gasteiger partial charge in [-0.25, -0.2) is 14.6 Å². The van der Waals surface area contributed by atoms with Gasteiger partial charge in [-0.3, -0.25) is 9.69 Å². The van der Waals surface area contributed by atoms with Crippen LogP contribution in [0.1, 0.15) is 15.9 Å². The Labute approximate surface area is 167 Å². The van der Waals surface area contributed by atoms with E-state index in [0.717, 1.165) is 10.5 Å². The van der Waals surface area contributed by atoms with E-state index in [9.17, 15) is 14.4 Å². The number of nitrogens with zero attached hydrogens (tertiary/aromatic N) is 2. The third kappa shape index (κ3) is 3.54. The van der Waals surface area contributed by atoms with E-state index in [0.29, 0.717) is 34.3 Å². The topological polar surface area (TPSA) is 88.6 Å². The lowest BCUT2D eigenvalue weighted by Gasteiger charge is -2.15. The zero-order valence-electron chi connectivity index (χ0n) is 15.8. The predicted molar refractivity (Wildman–Crippen MR) is 107 cm³/mol. The first-order valence-electron chi connectivity index (χ1n) is 9.26. The van der Waals surface area contributed by atoms with Crippen LogP contribution in [0.2, 0.25) is 0 Å². The van der Waals surface area contributed by atoms with Gasteiger partial charge < -0.3 is 10.1 Å². The second-order valence-electron chi connectivity index (χ2n) is 6.70. The number of urea groups is 1. The minimum atomic E-state index is -0.619. The molecule has 0 bridgehead atoms. The number of hydrogen-bond acceptors (Lipinski definition) is 5. The third-order valence-corrected chi connectivity index (χ3v) is 4.87. The van der Waals surface area contributed by atoms with Crippen molar-refractivity contribution in [1.29, 1.82) is 0 Å². The molecule has 3 amide bonds. The first-order valence-corrected chi connectivity index (χ1v) is 9.26. The Morgan fingerprint density at radius 2 is 1.83 bits per heavy atom. The highest BCUT2D eigenvalue weighted by atomic mass is 16.5. The lowest BCUT2D eigenvalue weighted by Crippen LogP contribution is -2.37. The Balaban J connectivity index is 1.68. The summed E-state index contributed by atoms with van der Waals surface area (Å²) in [6, 6.07) is 16.4. The molecule has 0 unspecified atom stereocenters. The fourth-order valence-corrected chi connectivity index (χ4v) is 3.43. The molecule has 1 aliphatic rings. The van der Waals surface area contributed by atoms with Gasteiger partial charge >= 0.3 is 12.0 Å². The Morgan fingerprint density at radius 1 is 1.10 bits per heavy atom. The van der Waals surface area contributed by atoms with Crippen LogP contribution in [-0.2, 0) is 9.53 Å². The van der Waals surface area contributed by atoms with Crippen molar-refractivity contribution in [3.8, 4) is 11.3 Å². The van der Waals surface area contributed by atoms with E-state index in [1.165, 1.54) is 0 Å². The first-order chi connectivity index (χ1) is 14.1. The van der Waals surface area contributed by atoms with E-state index in [4.69, 9.17) is 9.72 Å². The van der Waals surface area contributed by atoms with Gasteiger partial charge in [0.2, 0.25) is 0 Å². The van der Waals surface area contributed by atoms with Crippen molar-refractivity contribution in [2.45, 2.75) is 6.92 Å². The molecule has 2 aromatic carbocycles. The maximum absolute atomic E-state index is 12.9. The monoisotopic (exact) mass is 389 g/mol. The molecule has 4 rings (SSSR count). The number of hydrogen-bond donors (Lipinski definition) is 1. The molecule has 1 N–H and O–H groups in total. The summed E-state index contributed by atoms with van der Waals surface area (Å²) >= 11 is 0. The van der Waals surface area contributed by atoms with Crippen molar-refractivity contribution < 1.29 is 19.1 Å². The number of amides is 3. The molecule has 3 aromatic rings. The van der Waals surface area contributed by atoms with Crippen molar-refractivity contribution in [3.63, 3.8) is 0 Å². The summed E-state index contributed by atoms with van der Waals surface area (Å²) in [5.41, 5.74) is 3.27. The van der Waals surface area contributed by atoms with E-state index in [1.807, 2.05) is 55.5 Å². The molecule has 7 heteroatoms. The first kappa shape index (κ1) is 18.6. The number of aromatic nitrogens is 1. The van der Waals surface area contributed by atoms with Crippen molar-refractivity contribution >= 4 is 28.8 Å². The number of nitrogens with one attached hydrogen (secondary N) is 1. The number of benzene rings is 2. The summed E-state index contributed by atoms with van der Waals surface area (Å²) in [4.78, 5) is 42.5. The second kappa shape index (κ2) is 7.71. The smallest absolute Gasteiger partial charge is 0.339 e. The Kier molecular flexibility index (Phi) is 4.95. The number of fused-ring (bicyclic) bond motifs is 1. The average Bonchev–Trinajstić information content (AvgIpc) is 3.18. The lowest BCUT2D eigenvalue weighted by atomic mass is 9.98. The summed E-state index contributed by atoms with van der Waals surface area (Å²) in [7, 11) is 0. The SMILES string of the molecule is Cc1c(-c2ccccc2)nc2ccccc2c1C(=O)OCC(=O)N1CCNC1=O. The van der Waals surface area contributed by atoms with Gasteiger partial charge in [0, 0.05) is 24.0 Å². The zero-order chi connectivity index (χ0) is 20.4. The van der Waals surface area contributed by atoms with E-state index >= 15 is 0 Å². The van der Waals surface area contributed by atoms with Crippen LogP contribution in [0.5, 0.6) is 0 Å². The fraction of sp³-hybridized carbons (Fsp3) is 0.182. The van der Waals surface area contributed by atoms with E-state index in [-0.39, 0.29) is 6.54 Å². The van der Waals surface area contributed by atoms with Gasteiger partial charge in [-0.15, -0.1) is 0 Å². The molecule has 0 aliphatic carbocycles. The summed E-state index contributed by atoms with van der Waals surface area (Å²) < 4.78 is 5.29. The number of para-hydroxylation sites is 1. The van der Waals surface area contributed by atoms with Crippen LogP contribution in [0, 0.1) is 6.92 Å². The summed E-state index contributed by atoms with van der Waals surface area (Å²) in [5.74, 6) is -1.17. The number of esters is 1. The van der Waals surface area contributed by atoms with Crippen molar-refractivity contribution in [3.05, 3.63) is 65.7 Å². The maximum Gasteiger partial charge on any atom is 0.339 e. The van der Waals surface area contributed by atoms with Gasteiger partial charge in [0.1, 0.15) is 0 Å². The molecule has 0 atom stereocenters. The van der Waals surface area contributed by atoms with Crippen molar-refractivity contribution in [1.82, 2.24) is 15.2 Å². The average molecular weight is 389 g/mol. The van der Waals surface area contributed by atoms with Crippen LogP contribution in [-0.4, -0.2) is 47.5 Å². The Hall–Kier alpha value is -3.74. The highest BCUT2D eigenvalue weighted by Gasteiger charge is 2.28.